The van der Waals surface area contributed by atoms with E-state index in [0.717, 1.165) is 21.7 Å². The lowest BCUT2D eigenvalue weighted by molar-refractivity contribution is -0.141. The van der Waals surface area contributed by atoms with Crippen molar-refractivity contribution in [1.29, 1.82) is 5.26 Å². The minimum Gasteiger partial charge on any atom is -0.269 e. The summed E-state index contributed by atoms with van der Waals surface area (Å²) < 4.78 is 16.2. The van der Waals surface area contributed by atoms with E-state index in [9.17, 15) is 19.2 Å². The number of imide groups is 1. The van der Waals surface area contributed by atoms with E-state index >= 15 is 0 Å². The highest BCUT2D eigenvalue weighted by molar-refractivity contribution is 6.19. The molecule has 0 radical (unpaired) electrons. The van der Waals surface area contributed by atoms with Gasteiger partial charge in [0.1, 0.15) is 23.2 Å². The third-order valence-corrected chi connectivity index (χ3v) is 6.80. The third-order valence-electron chi connectivity index (χ3n) is 6.80. The van der Waals surface area contributed by atoms with Gasteiger partial charge in [-0.05, 0) is 61.7 Å². The first kappa shape index (κ1) is 25.6. The lowest BCUT2D eigenvalue weighted by Crippen LogP contribution is -2.42. The summed E-state index contributed by atoms with van der Waals surface area (Å²) in [6, 6.07) is 23.8. The lowest BCUT2D eigenvalue weighted by atomic mass is 9.93. The predicted molar refractivity (Wildman–Crippen MR) is 147 cm³/mol. The molecule has 5 rings (SSSR count). The Labute approximate surface area is 225 Å². The van der Waals surface area contributed by atoms with E-state index in [2.05, 4.69) is 0 Å². The van der Waals surface area contributed by atoms with Gasteiger partial charge in [0.05, 0.1) is 12.2 Å². The molecule has 0 N–H and O–H groups in total. The number of amides is 2. The highest BCUT2D eigenvalue weighted by Gasteiger charge is 2.35. The van der Waals surface area contributed by atoms with E-state index in [1.807, 2.05) is 67.6 Å². The van der Waals surface area contributed by atoms with Crippen molar-refractivity contribution >= 4 is 17.9 Å². The van der Waals surface area contributed by atoms with Crippen LogP contribution in [0.15, 0.2) is 95.7 Å². The number of halogens is 1. The summed E-state index contributed by atoms with van der Waals surface area (Å²) in [6.45, 7) is 5.26. The SMILES string of the molecule is CC1=C(C#N)C(=O)N(Cc2ccc(C)cc2)C(=O)/C1=C/c1cn(-c2ccccc2)nc1-c1ccc(C)c(F)c1. The quantitative estimate of drug-likeness (QED) is 0.238. The summed E-state index contributed by atoms with van der Waals surface area (Å²) in [6.07, 6.45) is 3.38. The Morgan fingerprint density at radius 3 is 2.33 bits per heavy atom. The number of nitriles is 1. The molecule has 0 bridgehead atoms. The van der Waals surface area contributed by atoms with Crippen molar-refractivity contribution in [2.75, 3.05) is 0 Å². The Morgan fingerprint density at radius 1 is 0.949 bits per heavy atom. The maximum Gasteiger partial charge on any atom is 0.271 e. The fraction of sp³-hybridized carbons (Fsp3) is 0.125. The van der Waals surface area contributed by atoms with Crippen LogP contribution in [0.25, 0.3) is 23.0 Å². The van der Waals surface area contributed by atoms with Crippen molar-refractivity contribution in [3.63, 3.8) is 0 Å². The lowest BCUT2D eigenvalue weighted by Gasteiger charge is -2.27. The number of rotatable bonds is 5. The van der Waals surface area contributed by atoms with Gasteiger partial charge in [0.15, 0.2) is 0 Å². The molecule has 0 aliphatic carbocycles. The van der Waals surface area contributed by atoms with Crippen molar-refractivity contribution in [2.24, 2.45) is 0 Å². The van der Waals surface area contributed by atoms with Gasteiger partial charge in [-0.25, -0.2) is 9.07 Å². The highest BCUT2D eigenvalue weighted by atomic mass is 19.1. The molecule has 0 spiro atoms. The minimum atomic E-state index is -0.626. The third kappa shape index (κ3) is 4.92. The van der Waals surface area contributed by atoms with Crippen LogP contribution in [0.4, 0.5) is 4.39 Å². The topological polar surface area (TPSA) is 79.0 Å². The summed E-state index contributed by atoms with van der Waals surface area (Å²) in [4.78, 5) is 27.9. The molecule has 1 aliphatic heterocycles. The van der Waals surface area contributed by atoms with Crippen LogP contribution in [-0.2, 0) is 16.1 Å². The first-order chi connectivity index (χ1) is 18.8. The standard InChI is InChI=1S/C32H25FN4O2/c1-20-9-12-23(13-10-20)18-36-31(38)27(22(3)28(17-34)32(36)39)15-25-19-37(26-7-5-4-6-8-26)35-30(25)24-14-11-21(2)29(33)16-24/h4-16,19H,18H2,1-3H3/b27-15+. The Hall–Kier alpha value is -5.09. The van der Waals surface area contributed by atoms with Gasteiger partial charge in [-0.1, -0.05) is 60.2 Å². The molecule has 7 heteroatoms. The Morgan fingerprint density at radius 2 is 1.67 bits per heavy atom. The van der Waals surface area contributed by atoms with Crippen molar-refractivity contribution in [3.8, 4) is 23.0 Å². The second-order valence-electron chi connectivity index (χ2n) is 9.53. The van der Waals surface area contributed by atoms with E-state index < -0.39 is 11.8 Å². The van der Waals surface area contributed by atoms with Gasteiger partial charge in [-0.2, -0.15) is 10.4 Å². The van der Waals surface area contributed by atoms with Crippen LogP contribution in [0.2, 0.25) is 0 Å². The average Bonchev–Trinajstić information content (AvgIpc) is 3.36. The molecule has 0 fully saturated rings. The molecule has 2 amide bonds. The maximum absolute atomic E-state index is 14.5. The number of aryl methyl sites for hydroxylation is 2. The zero-order valence-electron chi connectivity index (χ0n) is 21.8. The van der Waals surface area contributed by atoms with E-state index in [-0.39, 0.29) is 23.5 Å². The van der Waals surface area contributed by atoms with Crippen molar-refractivity contribution < 1.29 is 14.0 Å². The average molecular weight is 517 g/mol. The number of benzene rings is 3. The zero-order valence-corrected chi connectivity index (χ0v) is 21.8. The first-order valence-electron chi connectivity index (χ1n) is 12.4. The van der Waals surface area contributed by atoms with Gasteiger partial charge in [0.25, 0.3) is 11.8 Å². The fourth-order valence-corrected chi connectivity index (χ4v) is 4.48. The number of hydrogen-bond acceptors (Lipinski definition) is 4. The molecule has 0 unspecified atom stereocenters. The van der Waals surface area contributed by atoms with Crippen molar-refractivity contribution in [1.82, 2.24) is 14.7 Å². The molecule has 39 heavy (non-hydrogen) atoms. The molecular formula is C32H25FN4O2. The smallest absolute Gasteiger partial charge is 0.269 e. The van der Waals surface area contributed by atoms with Crippen molar-refractivity contribution in [2.45, 2.75) is 27.3 Å². The molecule has 0 saturated heterocycles. The van der Waals surface area contributed by atoms with Crippen LogP contribution in [0.5, 0.6) is 0 Å². The van der Waals surface area contributed by atoms with Crippen molar-refractivity contribution in [3.05, 3.63) is 124 Å². The molecule has 3 aromatic carbocycles. The molecule has 1 aromatic heterocycles. The Bertz CT molecular complexity index is 1710. The Balaban J connectivity index is 1.65. The number of carbonyl (C=O) groups excluding carboxylic acids is 2. The van der Waals surface area contributed by atoms with Crippen LogP contribution in [-0.4, -0.2) is 26.5 Å². The van der Waals surface area contributed by atoms with E-state index in [1.54, 1.807) is 42.9 Å². The van der Waals surface area contributed by atoms with Gasteiger partial charge >= 0.3 is 0 Å². The minimum absolute atomic E-state index is 0.0348. The molecule has 4 aromatic rings. The van der Waals surface area contributed by atoms with E-state index in [1.165, 1.54) is 6.07 Å². The maximum atomic E-state index is 14.5. The van der Waals surface area contributed by atoms with Crippen LogP contribution in [0.3, 0.4) is 0 Å². The summed E-state index contributed by atoms with van der Waals surface area (Å²) in [5, 5.41) is 14.5. The summed E-state index contributed by atoms with van der Waals surface area (Å²) >= 11 is 0. The Kier molecular flexibility index (Phi) is 6.78. The van der Waals surface area contributed by atoms with Gasteiger partial charge in [0, 0.05) is 22.9 Å². The summed E-state index contributed by atoms with van der Waals surface area (Å²) in [7, 11) is 0. The van der Waals surface area contributed by atoms with Gasteiger partial charge in [-0.15, -0.1) is 0 Å². The molecule has 0 atom stereocenters. The highest BCUT2D eigenvalue weighted by Crippen LogP contribution is 2.32. The largest absolute Gasteiger partial charge is 0.271 e. The van der Waals surface area contributed by atoms with Gasteiger partial charge in [-0.3, -0.25) is 14.5 Å². The zero-order chi connectivity index (χ0) is 27.7. The second-order valence-corrected chi connectivity index (χ2v) is 9.53. The number of para-hydroxylation sites is 1. The summed E-state index contributed by atoms with van der Waals surface area (Å²) in [5.41, 5.74) is 5.08. The number of carbonyl (C=O) groups is 2. The van der Waals surface area contributed by atoms with E-state index in [4.69, 9.17) is 5.10 Å². The molecule has 1 aliphatic rings. The molecular weight excluding hydrogens is 491 g/mol. The molecule has 192 valence electrons. The number of hydrogen-bond donors (Lipinski definition) is 0. The van der Waals surface area contributed by atoms with Crippen LogP contribution in [0.1, 0.15) is 29.2 Å². The molecule has 6 nitrogen and oxygen atoms in total. The number of aromatic nitrogens is 2. The first-order valence-corrected chi connectivity index (χ1v) is 12.4. The summed E-state index contributed by atoms with van der Waals surface area (Å²) in [5.74, 6) is -1.50. The normalized spacial score (nSPS) is 14.7. The monoisotopic (exact) mass is 516 g/mol. The van der Waals surface area contributed by atoms with Gasteiger partial charge in [0.2, 0.25) is 0 Å². The fourth-order valence-electron chi connectivity index (χ4n) is 4.48. The predicted octanol–water partition coefficient (Wildman–Crippen LogP) is 6.09. The van der Waals surface area contributed by atoms with Crippen LogP contribution in [0, 0.1) is 31.0 Å². The molecule has 2 heterocycles. The van der Waals surface area contributed by atoms with E-state index in [0.29, 0.717) is 28.0 Å². The molecule has 0 saturated carbocycles. The van der Waals surface area contributed by atoms with Crippen LogP contribution < -0.4 is 0 Å². The van der Waals surface area contributed by atoms with Crippen LogP contribution >= 0.6 is 0 Å². The second kappa shape index (κ2) is 10.3. The van der Waals surface area contributed by atoms with Gasteiger partial charge < -0.3 is 0 Å². The number of nitrogens with zero attached hydrogens (tertiary/aromatic N) is 4.